The molecule has 3 N–H and O–H groups in total. The SMILES string of the molecule is O=C(O)c1cc2sc(Nc3cccc(Cl)c3)nc2cc1O. The molecule has 0 atom stereocenters. The number of halogens is 1. The lowest BCUT2D eigenvalue weighted by Gasteiger charge is -2.01. The number of aromatic nitrogens is 1. The molecule has 1 aromatic heterocycles. The van der Waals surface area contributed by atoms with Crippen molar-refractivity contribution in [2.75, 3.05) is 5.32 Å². The number of aromatic carboxylic acids is 1. The molecule has 0 saturated heterocycles. The maximum atomic E-state index is 11.0. The maximum Gasteiger partial charge on any atom is 0.339 e. The number of rotatable bonds is 3. The molecule has 21 heavy (non-hydrogen) atoms. The molecule has 0 aliphatic rings. The lowest BCUT2D eigenvalue weighted by molar-refractivity contribution is 0.0694. The van der Waals surface area contributed by atoms with Crippen molar-refractivity contribution in [2.45, 2.75) is 0 Å². The number of nitrogens with zero attached hydrogens (tertiary/aromatic N) is 1. The Morgan fingerprint density at radius 2 is 2.10 bits per heavy atom. The Bertz CT molecular complexity index is 847. The van der Waals surface area contributed by atoms with E-state index in [1.807, 2.05) is 12.1 Å². The third kappa shape index (κ3) is 2.76. The minimum absolute atomic E-state index is 0.138. The van der Waals surface area contributed by atoms with E-state index in [9.17, 15) is 9.90 Å². The first-order chi connectivity index (χ1) is 10.0. The number of benzene rings is 2. The third-order valence-corrected chi connectivity index (χ3v) is 3.98. The lowest BCUT2D eigenvalue weighted by atomic mass is 10.2. The van der Waals surface area contributed by atoms with Crippen molar-refractivity contribution in [3.63, 3.8) is 0 Å². The van der Waals surface area contributed by atoms with Gasteiger partial charge in [-0.15, -0.1) is 0 Å². The van der Waals surface area contributed by atoms with Crippen molar-refractivity contribution in [2.24, 2.45) is 0 Å². The van der Waals surface area contributed by atoms with Crippen molar-refractivity contribution in [1.29, 1.82) is 0 Å². The molecule has 0 aliphatic heterocycles. The van der Waals surface area contributed by atoms with Crippen LogP contribution in [-0.4, -0.2) is 21.2 Å². The van der Waals surface area contributed by atoms with E-state index in [0.29, 0.717) is 20.4 Å². The zero-order valence-electron chi connectivity index (χ0n) is 10.5. The predicted molar refractivity (Wildman–Crippen MR) is 83.0 cm³/mol. The zero-order chi connectivity index (χ0) is 15.0. The minimum Gasteiger partial charge on any atom is -0.507 e. The van der Waals surface area contributed by atoms with Crippen LogP contribution in [0, 0.1) is 0 Å². The largest absolute Gasteiger partial charge is 0.507 e. The van der Waals surface area contributed by atoms with Crippen molar-refractivity contribution < 1.29 is 15.0 Å². The van der Waals surface area contributed by atoms with E-state index in [0.717, 1.165) is 5.69 Å². The fourth-order valence-corrected chi connectivity index (χ4v) is 2.97. The van der Waals surface area contributed by atoms with Gasteiger partial charge in [-0.1, -0.05) is 29.0 Å². The van der Waals surface area contributed by atoms with Crippen molar-refractivity contribution in [3.05, 3.63) is 47.0 Å². The summed E-state index contributed by atoms with van der Waals surface area (Å²) >= 11 is 7.21. The molecule has 0 bridgehead atoms. The Kier molecular flexibility index (Phi) is 3.40. The van der Waals surface area contributed by atoms with Gasteiger partial charge in [0.2, 0.25) is 0 Å². The second-order valence-corrected chi connectivity index (χ2v) is 5.76. The van der Waals surface area contributed by atoms with Crippen LogP contribution in [0.2, 0.25) is 5.02 Å². The van der Waals surface area contributed by atoms with Crippen LogP contribution < -0.4 is 5.32 Å². The first kappa shape index (κ1) is 13.7. The van der Waals surface area contributed by atoms with Crippen LogP contribution in [0.15, 0.2) is 36.4 Å². The van der Waals surface area contributed by atoms with Crippen LogP contribution in [0.1, 0.15) is 10.4 Å². The molecule has 7 heteroatoms. The molecule has 0 fully saturated rings. The standard InChI is InChI=1S/C14H9ClN2O3S/c15-7-2-1-3-8(4-7)16-14-17-10-6-11(18)9(13(19)20)5-12(10)21-14/h1-6,18H,(H,16,17)(H,19,20). The Morgan fingerprint density at radius 1 is 1.29 bits per heavy atom. The van der Waals surface area contributed by atoms with E-state index >= 15 is 0 Å². The quantitative estimate of drug-likeness (QED) is 0.677. The van der Waals surface area contributed by atoms with Gasteiger partial charge in [-0.25, -0.2) is 9.78 Å². The first-order valence-corrected chi connectivity index (χ1v) is 7.12. The van der Waals surface area contributed by atoms with E-state index in [1.165, 1.54) is 23.5 Å². The zero-order valence-corrected chi connectivity index (χ0v) is 12.1. The van der Waals surface area contributed by atoms with Gasteiger partial charge < -0.3 is 15.5 Å². The number of hydrogen-bond donors (Lipinski definition) is 3. The van der Waals surface area contributed by atoms with Crippen molar-refractivity contribution in [1.82, 2.24) is 4.98 Å². The summed E-state index contributed by atoms with van der Waals surface area (Å²) in [7, 11) is 0. The predicted octanol–water partition coefficient (Wildman–Crippen LogP) is 4.10. The topological polar surface area (TPSA) is 82.5 Å². The number of carboxylic acid groups (broad SMARTS) is 1. The molecule has 0 amide bonds. The summed E-state index contributed by atoms with van der Waals surface area (Å²) in [5.74, 6) is -1.47. The number of carboxylic acids is 1. The van der Waals surface area contributed by atoms with Crippen LogP contribution in [0.4, 0.5) is 10.8 Å². The molecule has 0 spiro atoms. The maximum absolute atomic E-state index is 11.0. The van der Waals surface area contributed by atoms with Gasteiger partial charge in [0.15, 0.2) is 5.13 Å². The highest BCUT2D eigenvalue weighted by Crippen LogP contribution is 2.33. The summed E-state index contributed by atoms with van der Waals surface area (Å²) in [6.07, 6.45) is 0. The van der Waals surface area contributed by atoms with Gasteiger partial charge in [0.25, 0.3) is 0 Å². The van der Waals surface area contributed by atoms with Gasteiger partial charge in [0, 0.05) is 16.8 Å². The van der Waals surface area contributed by atoms with Gasteiger partial charge in [0.1, 0.15) is 11.3 Å². The molecule has 1 heterocycles. The van der Waals surface area contributed by atoms with Crippen LogP contribution >= 0.6 is 22.9 Å². The number of aromatic hydroxyl groups is 1. The monoisotopic (exact) mass is 320 g/mol. The molecule has 0 aliphatic carbocycles. The highest BCUT2D eigenvalue weighted by Gasteiger charge is 2.14. The highest BCUT2D eigenvalue weighted by molar-refractivity contribution is 7.22. The first-order valence-electron chi connectivity index (χ1n) is 5.92. The number of carbonyl (C=O) groups is 1. The normalized spacial score (nSPS) is 10.7. The summed E-state index contributed by atoms with van der Waals surface area (Å²) in [5, 5.41) is 22.9. The van der Waals surface area contributed by atoms with Crippen LogP contribution in [0.3, 0.4) is 0 Å². The number of phenols is 1. The fourth-order valence-electron chi connectivity index (χ4n) is 1.88. The molecule has 106 valence electrons. The highest BCUT2D eigenvalue weighted by atomic mass is 35.5. The number of nitrogens with one attached hydrogen (secondary N) is 1. The summed E-state index contributed by atoms with van der Waals surface area (Å²) in [4.78, 5) is 15.3. The molecule has 0 radical (unpaired) electrons. The van der Waals surface area contributed by atoms with E-state index in [4.69, 9.17) is 16.7 Å². The van der Waals surface area contributed by atoms with Gasteiger partial charge in [-0.2, -0.15) is 0 Å². The van der Waals surface area contributed by atoms with Crippen LogP contribution in [0.5, 0.6) is 5.75 Å². The van der Waals surface area contributed by atoms with E-state index in [-0.39, 0.29) is 11.3 Å². The average molecular weight is 321 g/mol. The van der Waals surface area contributed by atoms with Crippen LogP contribution in [-0.2, 0) is 0 Å². The van der Waals surface area contributed by atoms with Crippen LogP contribution in [0.25, 0.3) is 10.2 Å². The Morgan fingerprint density at radius 3 is 2.81 bits per heavy atom. The summed E-state index contributed by atoms with van der Waals surface area (Å²) in [6.45, 7) is 0. The summed E-state index contributed by atoms with van der Waals surface area (Å²) < 4.78 is 0.676. The number of fused-ring (bicyclic) bond motifs is 1. The Balaban J connectivity index is 1.99. The van der Waals surface area contributed by atoms with Gasteiger partial charge in [0.05, 0.1) is 10.2 Å². The summed E-state index contributed by atoms with van der Waals surface area (Å²) in [6, 6.07) is 9.94. The lowest BCUT2D eigenvalue weighted by Crippen LogP contribution is -1.95. The molecular formula is C14H9ClN2O3S. The molecule has 0 unspecified atom stereocenters. The second kappa shape index (κ2) is 5.23. The molecule has 3 aromatic rings. The van der Waals surface area contributed by atoms with E-state index in [2.05, 4.69) is 10.3 Å². The van der Waals surface area contributed by atoms with E-state index < -0.39 is 5.97 Å². The Labute approximate surface area is 128 Å². The summed E-state index contributed by atoms with van der Waals surface area (Å²) in [5.41, 5.74) is 1.18. The number of anilines is 2. The van der Waals surface area contributed by atoms with Gasteiger partial charge in [-0.3, -0.25) is 0 Å². The average Bonchev–Trinajstić information content (AvgIpc) is 2.78. The third-order valence-electron chi connectivity index (χ3n) is 2.81. The molecule has 0 saturated carbocycles. The Hall–Kier alpha value is -2.31. The number of hydrogen-bond acceptors (Lipinski definition) is 5. The molecule has 3 rings (SSSR count). The van der Waals surface area contributed by atoms with Gasteiger partial charge in [-0.05, 0) is 24.3 Å². The molecule has 5 nitrogen and oxygen atoms in total. The molecule has 2 aromatic carbocycles. The number of thiazole rings is 1. The van der Waals surface area contributed by atoms with Gasteiger partial charge >= 0.3 is 5.97 Å². The smallest absolute Gasteiger partial charge is 0.339 e. The molecular weight excluding hydrogens is 312 g/mol. The second-order valence-electron chi connectivity index (χ2n) is 4.30. The minimum atomic E-state index is -1.17. The van der Waals surface area contributed by atoms with Crippen molar-refractivity contribution >= 4 is 49.9 Å². The fraction of sp³-hybridized carbons (Fsp3) is 0. The van der Waals surface area contributed by atoms with E-state index in [1.54, 1.807) is 12.1 Å². The van der Waals surface area contributed by atoms with Crippen molar-refractivity contribution in [3.8, 4) is 5.75 Å².